The molecule has 1 fully saturated rings. The van der Waals surface area contributed by atoms with Crippen LogP contribution in [0.4, 0.5) is 5.69 Å². The van der Waals surface area contributed by atoms with Crippen LogP contribution in [0.2, 0.25) is 0 Å². The van der Waals surface area contributed by atoms with Gasteiger partial charge in [-0.25, -0.2) is 4.98 Å². The Morgan fingerprint density at radius 1 is 1.47 bits per heavy atom. The van der Waals surface area contributed by atoms with Gasteiger partial charge in [-0.05, 0) is 19.4 Å². The molecule has 98 valence electrons. The molecule has 1 N–H and O–H groups in total. The predicted octanol–water partition coefficient (Wildman–Crippen LogP) is 3.14. The number of nitrogens with zero attached hydrogens (tertiary/aromatic N) is 2. The van der Waals surface area contributed by atoms with E-state index < -0.39 is 0 Å². The van der Waals surface area contributed by atoms with E-state index in [1.165, 1.54) is 12.5 Å². The molecule has 3 rings (SSSR count). The third kappa shape index (κ3) is 2.50. The van der Waals surface area contributed by atoms with Crippen LogP contribution in [0, 0.1) is 10.1 Å². The Bertz CT molecular complexity index is 605. The Kier molecular flexibility index (Phi) is 3.27. The lowest BCUT2D eigenvalue weighted by Crippen LogP contribution is -2.12. The molecule has 0 saturated carbocycles. The molecular weight excluding hydrogens is 262 g/mol. The van der Waals surface area contributed by atoms with Crippen LogP contribution in [-0.2, 0) is 0 Å². The van der Waals surface area contributed by atoms with Crippen LogP contribution >= 0.6 is 11.3 Å². The molecule has 1 aliphatic heterocycles. The first kappa shape index (κ1) is 12.3. The Labute approximate surface area is 114 Å². The van der Waals surface area contributed by atoms with E-state index in [1.54, 1.807) is 23.5 Å². The zero-order valence-electron chi connectivity index (χ0n) is 10.2. The Morgan fingerprint density at radius 2 is 2.37 bits per heavy atom. The zero-order valence-corrected chi connectivity index (χ0v) is 11.0. The van der Waals surface area contributed by atoms with Gasteiger partial charge in [0.25, 0.3) is 5.69 Å². The van der Waals surface area contributed by atoms with Gasteiger partial charge in [0, 0.05) is 23.1 Å². The molecule has 1 aromatic carbocycles. The van der Waals surface area contributed by atoms with E-state index in [0.29, 0.717) is 6.04 Å². The molecule has 1 aliphatic rings. The topological polar surface area (TPSA) is 68.1 Å². The van der Waals surface area contributed by atoms with Crippen LogP contribution in [0.1, 0.15) is 23.9 Å². The van der Waals surface area contributed by atoms with Crippen LogP contribution in [-0.4, -0.2) is 16.5 Å². The van der Waals surface area contributed by atoms with Gasteiger partial charge in [0.15, 0.2) is 0 Å². The summed E-state index contributed by atoms with van der Waals surface area (Å²) in [5, 5.41) is 17.2. The number of nitro benzene ring substituents is 1. The smallest absolute Gasteiger partial charge is 0.270 e. The van der Waals surface area contributed by atoms with Crippen molar-refractivity contribution >= 4 is 17.0 Å². The third-order valence-electron chi connectivity index (χ3n) is 3.23. The number of benzene rings is 1. The first-order chi connectivity index (χ1) is 9.24. The summed E-state index contributed by atoms with van der Waals surface area (Å²) >= 11 is 1.61. The van der Waals surface area contributed by atoms with Crippen LogP contribution in [0.15, 0.2) is 29.6 Å². The minimum Gasteiger partial charge on any atom is -0.308 e. The van der Waals surface area contributed by atoms with Crippen molar-refractivity contribution in [3.8, 4) is 11.3 Å². The summed E-state index contributed by atoms with van der Waals surface area (Å²) in [6, 6.07) is 6.96. The largest absolute Gasteiger partial charge is 0.308 e. The average Bonchev–Trinajstić information content (AvgIpc) is 3.09. The van der Waals surface area contributed by atoms with Gasteiger partial charge in [-0.3, -0.25) is 10.1 Å². The van der Waals surface area contributed by atoms with Gasteiger partial charge in [-0.15, -0.1) is 11.3 Å². The maximum Gasteiger partial charge on any atom is 0.270 e. The van der Waals surface area contributed by atoms with E-state index in [0.717, 1.165) is 29.2 Å². The maximum atomic E-state index is 10.8. The molecule has 1 atom stereocenters. The normalized spacial score (nSPS) is 18.6. The molecule has 19 heavy (non-hydrogen) atoms. The van der Waals surface area contributed by atoms with E-state index in [2.05, 4.69) is 10.3 Å². The van der Waals surface area contributed by atoms with E-state index in [9.17, 15) is 10.1 Å². The van der Waals surface area contributed by atoms with Gasteiger partial charge >= 0.3 is 0 Å². The van der Waals surface area contributed by atoms with E-state index >= 15 is 0 Å². The van der Waals surface area contributed by atoms with Crippen molar-refractivity contribution < 1.29 is 4.92 Å². The number of hydrogen-bond acceptors (Lipinski definition) is 5. The summed E-state index contributed by atoms with van der Waals surface area (Å²) in [5.41, 5.74) is 1.72. The van der Waals surface area contributed by atoms with Gasteiger partial charge in [0.1, 0.15) is 5.01 Å². The maximum absolute atomic E-state index is 10.8. The van der Waals surface area contributed by atoms with Crippen molar-refractivity contribution in [2.45, 2.75) is 18.9 Å². The molecule has 2 aromatic rings. The van der Waals surface area contributed by atoms with Crippen molar-refractivity contribution in [3.63, 3.8) is 0 Å². The SMILES string of the molecule is O=[N+]([O-])c1cccc(-c2csc(C3CCCN3)n2)c1. The van der Waals surface area contributed by atoms with Crippen molar-refractivity contribution in [1.82, 2.24) is 10.3 Å². The van der Waals surface area contributed by atoms with Gasteiger partial charge in [0.05, 0.1) is 16.7 Å². The third-order valence-corrected chi connectivity index (χ3v) is 4.19. The summed E-state index contributed by atoms with van der Waals surface area (Å²) in [7, 11) is 0. The second-order valence-corrected chi connectivity index (χ2v) is 5.42. The molecule has 1 unspecified atom stereocenters. The van der Waals surface area contributed by atoms with Crippen LogP contribution in [0.25, 0.3) is 11.3 Å². The first-order valence-corrected chi connectivity index (χ1v) is 7.05. The minimum absolute atomic E-state index is 0.103. The van der Waals surface area contributed by atoms with Crippen LogP contribution in [0.3, 0.4) is 0 Å². The molecule has 1 saturated heterocycles. The first-order valence-electron chi connectivity index (χ1n) is 6.17. The van der Waals surface area contributed by atoms with Gasteiger partial charge < -0.3 is 5.32 Å². The van der Waals surface area contributed by atoms with E-state index in [4.69, 9.17) is 0 Å². The van der Waals surface area contributed by atoms with Gasteiger partial charge in [-0.1, -0.05) is 12.1 Å². The fourth-order valence-corrected chi connectivity index (χ4v) is 3.19. The summed E-state index contributed by atoms with van der Waals surface area (Å²) < 4.78 is 0. The Morgan fingerprint density at radius 3 is 3.11 bits per heavy atom. The molecule has 0 spiro atoms. The summed E-state index contributed by atoms with van der Waals surface area (Å²) in [4.78, 5) is 15.0. The fourth-order valence-electron chi connectivity index (χ4n) is 2.25. The van der Waals surface area contributed by atoms with Crippen molar-refractivity contribution in [1.29, 1.82) is 0 Å². The van der Waals surface area contributed by atoms with E-state index in [-0.39, 0.29) is 10.6 Å². The van der Waals surface area contributed by atoms with Crippen LogP contribution < -0.4 is 5.32 Å². The molecule has 0 radical (unpaired) electrons. The second kappa shape index (κ2) is 5.07. The highest BCUT2D eigenvalue weighted by Crippen LogP contribution is 2.30. The molecule has 0 bridgehead atoms. The Hall–Kier alpha value is -1.79. The van der Waals surface area contributed by atoms with Crippen LogP contribution in [0.5, 0.6) is 0 Å². The zero-order chi connectivity index (χ0) is 13.2. The molecular formula is C13H13N3O2S. The number of aromatic nitrogens is 1. The highest BCUT2D eigenvalue weighted by molar-refractivity contribution is 7.10. The predicted molar refractivity (Wildman–Crippen MR) is 74.2 cm³/mol. The molecule has 5 nitrogen and oxygen atoms in total. The monoisotopic (exact) mass is 275 g/mol. The average molecular weight is 275 g/mol. The van der Waals surface area contributed by atoms with Gasteiger partial charge in [0.2, 0.25) is 0 Å². The number of rotatable bonds is 3. The number of nitro groups is 1. The number of non-ortho nitro benzene ring substituents is 1. The lowest BCUT2D eigenvalue weighted by Gasteiger charge is -2.04. The molecule has 1 aromatic heterocycles. The summed E-state index contributed by atoms with van der Waals surface area (Å²) in [6.45, 7) is 1.04. The van der Waals surface area contributed by atoms with Crippen molar-refractivity contribution in [3.05, 3.63) is 44.8 Å². The standard InChI is InChI=1S/C13H13N3O2S/c17-16(18)10-4-1-3-9(7-10)12-8-19-13(15-12)11-5-2-6-14-11/h1,3-4,7-8,11,14H,2,5-6H2. The number of hydrogen-bond donors (Lipinski definition) is 1. The molecule has 2 heterocycles. The fraction of sp³-hybridized carbons (Fsp3) is 0.308. The van der Waals surface area contributed by atoms with Gasteiger partial charge in [-0.2, -0.15) is 0 Å². The minimum atomic E-state index is -0.380. The van der Waals surface area contributed by atoms with E-state index in [1.807, 2.05) is 11.4 Å². The number of nitrogens with one attached hydrogen (secondary N) is 1. The van der Waals surface area contributed by atoms with Crippen molar-refractivity contribution in [2.24, 2.45) is 0 Å². The molecule has 0 amide bonds. The number of thiazole rings is 1. The molecule has 0 aliphatic carbocycles. The second-order valence-electron chi connectivity index (χ2n) is 4.53. The lowest BCUT2D eigenvalue weighted by molar-refractivity contribution is -0.384. The Balaban J connectivity index is 1.89. The summed E-state index contributed by atoms with van der Waals surface area (Å²) in [6.07, 6.45) is 2.29. The quantitative estimate of drug-likeness (QED) is 0.690. The molecule has 6 heteroatoms. The van der Waals surface area contributed by atoms with Crippen molar-refractivity contribution in [2.75, 3.05) is 6.54 Å². The lowest BCUT2D eigenvalue weighted by atomic mass is 10.1. The highest BCUT2D eigenvalue weighted by Gasteiger charge is 2.20. The highest BCUT2D eigenvalue weighted by atomic mass is 32.1. The summed E-state index contributed by atoms with van der Waals surface area (Å²) in [5.74, 6) is 0.